The van der Waals surface area contributed by atoms with Crippen molar-refractivity contribution in [3.63, 3.8) is 0 Å². The van der Waals surface area contributed by atoms with Crippen LogP contribution in [0, 0.1) is 17.8 Å². The van der Waals surface area contributed by atoms with Gasteiger partial charge in [0.05, 0.1) is 6.17 Å². The Morgan fingerprint density at radius 2 is 1.74 bits per heavy atom. The van der Waals surface area contributed by atoms with Crippen LogP contribution in [0.1, 0.15) is 77.6 Å². The fourth-order valence-corrected chi connectivity index (χ4v) is 7.30. The average Bonchev–Trinajstić information content (AvgIpc) is 2.92. The molecule has 5 aliphatic rings. The van der Waals surface area contributed by atoms with Crippen molar-refractivity contribution in [2.24, 2.45) is 17.8 Å². The van der Waals surface area contributed by atoms with E-state index in [4.69, 9.17) is 0 Å². The number of hydrogen-bond acceptors (Lipinski definition) is 7. The molecule has 0 spiro atoms. The average molecular weight is 490 g/mol. The van der Waals surface area contributed by atoms with Crippen LogP contribution < -0.4 is 31.9 Å². The van der Waals surface area contributed by atoms with Crippen LogP contribution in [-0.4, -0.2) is 80.7 Å². The minimum absolute atomic E-state index is 0.153. The van der Waals surface area contributed by atoms with Crippen LogP contribution in [0.4, 0.5) is 0 Å². The second-order valence-corrected chi connectivity index (χ2v) is 12.1. The summed E-state index contributed by atoms with van der Waals surface area (Å²) in [5, 5.41) is 22.2. The summed E-state index contributed by atoms with van der Waals surface area (Å²) in [5.41, 5.74) is 0. The zero-order valence-electron chi connectivity index (χ0n) is 22.0. The van der Waals surface area contributed by atoms with Crippen molar-refractivity contribution >= 4 is 5.91 Å². The minimum atomic E-state index is 0.153. The van der Waals surface area contributed by atoms with Gasteiger partial charge in [-0.1, -0.05) is 13.3 Å². The van der Waals surface area contributed by atoms with Crippen LogP contribution in [0.2, 0.25) is 0 Å². The van der Waals surface area contributed by atoms with E-state index in [0.29, 0.717) is 36.1 Å². The molecule has 0 bridgehead atoms. The summed E-state index contributed by atoms with van der Waals surface area (Å²) in [6.45, 7) is 9.09. The van der Waals surface area contributed by atoms with Crippen molar-refractivity contribution in [2.75, 3.05) is 39.3 Å². The number of nitrogens with zero attached hydrogens (tertiary/aromatic N) is 1. The minimum Gasteiger partial charge on any atom is -0.353 e. The summed E-state index contributed by atoms with van der Waals surface area (Å²) in [4.78, 5) is 15.9. The molecule has 5 rings (SSSR count). The molecule has 4 saturated heterocycles. The van der Waals surface area contributed by atoms with E-state index < -0.39 is 0 Å². The van der Waals surface area contributed by atoms with E-state index in [1.165, 1.54) is 64.6 Å². The highest BCUT2D eigenvalue weighted by molar-refractivity contribution is 5.79. The Balaban J connectivity index is 1.09. The molecule has 0 aromatic heterocycles. The van der Waals surface area contributed by atoms with Crippen LogP contribution in [-0.2, 0) is 4.79 Å². The lowest BCUT2D eigenvalue weighted by atomic mass is 9.82. The van der Waals surface area contributed by atoms with E-state index in [9.17, 15) is 4.79 Å². The Hall–Kier alpha value is -0.770. The molecule has 8 nitrogen and oxygen atoms in total. The second-order valence-electron chi connectivity index (χ2n) is 12.1. The van der Waals surface area contributed by atoms with Gasteiger partial charge in [0, 0.05) is 24.0 Å². The van der Waals surface area contributed by atoms with E-state index >= 15 is 0 Å². The molecule has 1 saturated carbocycles. The number of nitrogens with one attached hydrogen (secondary N) is 6. The van der Waals surface area contributed by atoms with Gasteiger partial charge in [-0.15, -0.1) is 0 Å². The fraction of sp³-hybridized carbons (Fsp3) is 0.963. The third kappa shape index (κ3) is 6.96. The molecule has 200 valence electrons. The molecule has 0 radical (unpaired) electrons. The number of amides is 1. The Morgan fingerprint density at radius 3 is 2.57 bits per heavy atom. The maximum absolute atomic E-state index is 13.3. The predicted octanol–water partition coefficient (Wildman–Crippen LogP) is 1.30. The summed E-state index contributed by atoms with van der Waals surface area (Å²) in [5.74, 6) is 1.82. The van der Waals surface area contributed by atoms with E-state index in [0.717, 1.165) is 51.2 Å². The van der Waals surface area contributed by atoms with Gasteiger partial charge in [0.2, 0.25) is 5.91 Å². The number of hydrogen-bond donors (Lipinski definition) is 6. The lowest BCUT2D eigenvalue weighted by Gasteiger charge is -2.43. The topological polar surface area (TPSA) is 92.5 Å². The van der Waals surface area contributed by atoms with Gasteiger partial charge in [0.25, 0.3) is 0 Å². The van der Waals surface area contributed by atoms with Crippen molar-refractivity contribution in [1.29, 1.82) is 0 Å². The number of carbonyl (C=O) groups excluding carboxylic acids is 1. The van der Waals surface area contributed by atoms with Gasteiger partial charge >= 0.3 is 0 Å². The summed E-state index contributed by atoms with van der Waals surface area (Å²) >= 11 is 0. The lowest BCUT2D eigenvalue weighted by molar-refractivity contribution is -0.128. The largest absolute Gasteiger partial charge is 0.353 e. The molecule has 5 fully saturated rings. The van der Waals surface area contributed by atoms with Crippen LogP contribution in [0.3, 0.4) is 0 Å². The fourth-order valence-electron chi connectivity index (χ4n) is 7.30. The number of carbonyl (C=O) groups is 1. The quantitative estimate of drug-likeness (QED) is 0.335. The van der Waals surface area contributed by atoms with Gasteiger partial charge in [-0.3, -0.25) is 25.6 Å². The van der Waals surface area contributed by atoms with Crippen LogP contribution in [0.15, 0.2) is 0 Å². The van der Waals surface area contributed by atoms with E-state index in [2.05, 4.69) is 43.7 Å². The molecule has 6 N–H and O–H groups in total. The van der Waals surface area contributed by atoms with Gasteiger partial charge in [-0.05, 0) is 115 Å². The van der Waals surface area contributed by atoms with Crippen molar-refractivity contribution in [3.8, 4) is 0 Å². The maximum atomic E-state index is 13.3. The zero-order chi connectivity index (χ0) is 24.0. The molecular weight excluding hydrogens is 438 g/mol. The molecule has 0 aromatic rings. The summed E-state index contributed by atoms with van der Waals surface area (Å²) in [6.07, 6.45) is 13.6. The third-order valence-corrected chi connectivity index (χ3v) is 9.59. The Morgan fingerprint density at radius 1 is 0.886 bits per heavy atom. The van der Waals surface area contributed by atoms with Gasteiger partial charge in [0.15, 0.2) is 0 Å². The summed E-state index contributed by atoms with van der Waals surface area (Å²) in [6, 6.07) is 1.31. The molecule has 4 aliphatic heterocycles. The number of likely N-dealkylation sites (tertiary alicyclic amines) is 1. The first-order valence-corrected chi connectivity index (χ1v) is 14.9. The molecule has 8 unspecified atom stereocenters. The normalized spacial score (nSPS) is 41.9. The van der Waals surface area contributed by atoms with Crippen LogP contribution in [0.5, 0.6) is 0 Å². The lowest BCUT2D eigenvalue weighted by Crippen LogP contribution is -2.66. The smallest absolute Gasteiger partial charge is 0.223 e. The van der Waals surface area contributed by atoms with Crippen molar-refractivity contribution in [3.05, 3.63) is 0 Å². The molecular formula is C27H51N7O. The first-order chi connectivity index (χ1) is 17.2. The summed E-state index contributed by atoms with van der Waals surface area (Å²) < 4.78 is 0. The Labute approximate surface area is 212 Å². The molecule has 8 atom stereocenters. The van der Waals surface area contributed by atoms with E-state index in [1.807, 2.05) is 0 Å². The predicted molar refractivity (Wildman–Crippen MR) is 141 cm³/mol. The standard InChI is InChI=1S/C27H51N7O/c1-19-7-8-22(31-26(35)20-9-12-29-25(16-20)34-14-3-2-4-15-34)17-24(19)33-27-30-13-10-23(32-27)21-6-5-11-28-18-21/h19-25,27-30,32-33H,2-18H2,1H3,(H,31,35). The molecule has 35 heavy (non-hydrogen) atoms. The molecule has 0 aromatic carbocycles. The van der Waals surface area contributed by atoms with Crippen LogP contribution >= 0.6 is 0 Å². The first kappa shape index (κ1) is 25.9. The van der Waals surface area contributed by atoms with E-state index in [1.54, 1.807) is 0 Å². The van der Waals surface area contributed by atoms with E-state index in [-0.39, 0.29) is 12.2 Å². The molecule has 4 heterocycles. The highest BCUT2D eigenvalue weighted by Crippen LogP contribution is 2.27. The zero-order valence-corrected chi connectivity index (χ0v) is 22.0. The maximum Gasteiger partial charge on any atom is 0.223 e. The number of rotatable bonds is 6. The first-order valence-electron chi connectivity index (χ1n) is 14.9. The monoisotopic (exact) mass is 489 g/mol. The van der Waals surface area contributed by atoms with Gasteiger partial charge in [0.1, 0.15) is 6.29 Å². The second kappa shape index (κ2) is 12.7. The molecule has 8 heteroatoms. The van der Waals surface area contributed by atoms with Gasteiger partial charge < -0.3 is 16.0 Å². The van der Waals surface area contributed by atoms with Crippen molar-refractivity contribution < 1.29 is 4.79 Å². The van der Waals surface area contributed by atoms with Crippen molar-refractivity contribution in [2.45, 2.75) is 108 Å². The van der Waals surface area contributed by atoms with Gasteiger partial charge in [-0.2, -0.15) is 0 Å². The van der Waals surface area contributed by atoms with Gasteiger partial charge in [-0.25, -0.2) is 0 Å². The molecule has 1 aliphatic carbocycles. The third-order valence-electron chi connectivity index (χ3n) is 9.59. The summed E-state index contributed by atoms with van der Waals surface area (Å²) in [7, 11) is 0. The Bertz CT molecular complexity index is 666. The van der Waals surface area contributed by atoms with Crippen molar-refractivity contribution in [1.82, 2.24) is 36.8 Å². The van der Waals surface area contributed by atoms with Crippen LogP contribution in [0.25, 0.3) is 0 Å². The molecule has 1 amide bonds. The highest BCUT2D eigenvalue weighted by atomic mass is 16.2. The highest BCUT2D eigenvalue weighted by Gasteiger charge is 2.35. The Kier molecular flexibility index (Phi) is 9.35. The number of piperidine rings is 3. The SMILES string of the molecule is CC1CCC(NC(=O)C2CCNC(N3CCCCC3)C2)CC1NC1NCCC(C2CCCNC2)N1.